The quantitative estimate of drug-likeness (QED) is 0.0653. The summed E-state index contributed by atoms with van der Waals surface area (Å²) < 4.78 is 22.3. The van der Waals surface area contributed by atoms with Gasteiger partial charge in [0.15, 0.2) is 11.7 Å². The zero-order valence-electron chi connectivity index (χ0n) is 27.1. The lowest BCUT2D eigenvalue weighted by Gasteiger charge is -2.55. The van der Waals surface area contributed by atoms with E-state index in [0.29, 0.717) is 6.42 Å². The molecule has 13 nitrogen and oxygen atoms in total. The molecule has 45 heavy (non-hydrogen) atoms. The summed E-state index contributed by atoms with van der Waals surface area (Å²) in [5.74, 6) is -4.76. The molecule has 2 heterocycles. The van der Waals surface area contributed by atoms with Crippen molar-refractivity contribution >= 4 is 11.9 Å². The first-order valence-corrected chi connectivity index (χ1v) is 16.8. The molecule has 0 aromatic heterocycles. The van der Waals surface area contributed by atoms with E-state index < -0.39 is 85.9 Å². The Kier molecular flexibility index (Phi) is 17.7. The summed E-state index contributed by atoms with van der Waals surface area (Å²) in [7, 11) is 0. The molecule has 0 unspecified atom stereocenters. The molecule has 2 aliphatic heterocycles. The molecular weight excluding hydrogens is 592 g/mol. The van der Waals surface area contributed by atoms with E-state index in [9.17, 15) is 45.3 Å². The van der Waals surface area contributed by atoms with Crippen LogP contribution in [0.3, 0.4) is 0 Å². The Morgan fingerprint density at radius 1 is 0.667 bits per heavy atom. The molecule has 0 bridgehead atoms. The molecular formula is C32H58O13. The van der Waals surface area contributed by atoms with Gasteiger partial charge in [-0.05, 0) is 6.42 Å². The molecule has 0 amide bonds. The average molecular weight is 651 g/mol. The van der Waals surface area contributed by atoms with Gasteiger partial charge in [-0.25, -0.2) is 0 Å². The van der Waals surface area contributed by atoms with Crippen molar-refractivity contribution in [2.75, 3.05) is 19.8 Å². The number of carbonyl (C=O) groups is 2. The topological polar surface area (TPSA) is 213 Å². The number of hydrogen-bond acceptors (Lipinski definition) is 13. The van der Waals surface area contributed by atoms with Crippen LogP contribution in [0.2, 0.25) is 0 Å². The van der Waals surface area contributed by atoms with E-state index >= 15 is 0 Å². The maximum absolute atomic E-state index is 13.0. The lowest BCUT2D eigenvalue weighted by Crippen LogP contribution is -2.79. The Bertz CT molecular complexity index is 859. The molecule has 0 radical (unpaired) electrons. The van der Waals surface area contributed by atoms with Gasteiger partial charge in [0.05, 0.1) is 19.8 Å². The lowest BCUT2D eigenvalue weighted by atomic mass is 9.77. The van der Waals surface area contributed by atoms with Gasteiger partial charge in [-0.3, -0.25) is 9.59 Å². The largest absolute Gasteiger partial charge is 0.452 e. The van der Waals surface area contributed by atoms with Gasteiger partial charge < -0.3 is 54.7 Å². The molecule has 2 rings (SSSR count). The van der Waals surface area contributed by atoms with E-state index in [0.717, 1.165) is 32.6 Å². The van der Waals surface area contributed by atoms with Gasteiger partial charge in [-0.2, -0.15) is 0 Å². The number of esters is 2. The average Bonchev–Trinajstić information content (AvgIpc) is 3.28. The second-order valence-electron chi connectivity index (χ2n) is 12.5. The molecule has 0 aliphatic carbocycles. The molecule has 0 saturated carbocycles. The molecule has 0 aromatic rings. The third-order valence-electron chi connectivity index (χ3n) is 9.01. The molecule has 0 aromatic carbocycles. The first-order valence-electron chi connectivity index (χ1n) is 16.8. The molecule has 9 atom stereocenters. The van der Waals surface area contributed by atoms with Gasteiger partial charge in [-0.15, -0.1) is 0 Å². The van der Waals surface area contributed by atoms with Crippen LogP contribution in [-0.4, -0.2) is 122 Å². The number of hydrogen-bond donors (Lipinski definition) is 7. The van der Waals surface area contributed by atoms with Crippen LogP contribution in [0.25, 0.3) is 0 Å². The van der Waals surface area contributed by atoms with E-state index in [1.165, 1.54) is 64.2 Å². The van der Waals surface area contributed by atoms with Crippen molar-refractivity contribution in [2.24, 2.45) is 0 Å². The van der Waals surface area contributed by atoms with Crippen LogP contribution in [0.15, 0.2) is 0 Å². The molecule has 2 aliphatic rings. The highest BCUT2D eigenvalue weighted by molar-refractivity contribution is 5.70. The van der Waals surface area contributed by atoms with Crippen LogP contribution < -0.4 is 0 Å². The van der Waals surface area contributed by atoms with Crippen molar-refractivity contribution in [3.8, 4) is 0 Å². The predicted molar refractivity (Wildman–Crippen MR) is 162 cm³/mol. The van der Waals surface area contributed by atoms with Gasteiger partial charge in [0, 0.05) is 13.3 Å². The Morgan fingerprint density at radius 3 is 1.56 bits per heavy atom. The maximum Gasteiger partial charge on any atom is 0.306 e. The highest BCUT2D eigenvalue weighted by Gasteiger charge is 2.75. The molecule has 7 N–H and O–H groups in total. The molecule has 2 fully saturated rings. The monoisotopic (exact) mass is 650 g/mol. The van der Waals surface area contributed by atoms with Crippen LogP contribution in [0.1, 0.15) is 117 Å². The fourth-order valence-corrected chi connectivity index (χ4v) is 6.41. The third kappa shape index (κ3) is 10.3. The summed E-state index contributed by atoms with van der Waals surface area (Å²) in [6, 6.07) is 0. The Morgan fingerprint density at radius 2 is 1.13 bits per heavy atom. The number of ether oxygens (including phenoxy) is 4. The third-order valence-corrected chi connectivity index (χ3v) is 9.01. The van der Waals surface area contributed by atoms with Gasteiger partial charge >= 0.3 is 11.9 Å². The summed E-state index contributed by atoms with van der Waals surface area (Å²) in [6.45, 7) is 0.226. The van der Waals surface area contributed by atoms with Crippen molar-refractivity contribution in [3.05, 3.63) is 0 Å². The lowest BCUT2D eigenvalue weighted by molar-refractivity contribution is -0.414. The summed E-state index contributed by atoms with van der Waals surface area (Å²) in [6.07, 6.45) is 4.10. The SMILES string of the molecule is CCCCCCCCCCCCCCCCCC(=O)O[C@@H]1[C@@H](O)[C@@H](O)[C@@H](CO)O[C@@]1(OC(C)=O)[C@@]1(CO)O[C@H](CO)[C@H](O)[C@@H]1O. The van der Waals surface area contributed by atoms with Crippen LogP contribution in [0.5, 0.6) is 0 Å². The second-order valence-corrected chi connectivity index (χ2v) is 12.5. The zero-order chi connectivity index (χ0) is 33.5. The number of carbonyl (C=O) groups excluding carboxylic acids is 2. The van der Waals surface area contributed by atoms with Crippen molar-refractivity contribution in [1.29, 1.82) is 0 Å². The standard InChI is InChI=1S/C32H58O13/c1-3-4-5-6-7-8-9-10-11-12-13-14-15-16-17-18-25(37)42-30-28(40)26(38)23(19-33)45-32(30,43-22(2)36)31(21-35)29(41)27(39)24(20-34)44-31/h23-24,26-30,33-35,38-41H,3-21H2,1-2H3/t23-,24-,26+,27+,28+,29+,30-,31+,32-/m1/s1. The molecule has 264 valence electrons. The van der Waals surface area contributed by atoms with Gasteiger partial charge in [0.1, 0.15) is 36.6 Å². The van der Waals surface area contributed by atoms with Gasteiger partial charge in [0.2, 0.25) is 0 Å². The zero-order valence-corrected chi connectivity index (χ0v) is 27.1. The fourth-order valence-electron chi connectivity index (χ4n) is 6.41. The molecule has 0 spiro atoms. The maximum atomic E-state index is 13.0. The van der Waals surface area contributed by atoms with Crippen molar-refractivity contribution in [1.82, 2.24) is 0 Å². The first-order chi connectivity index (χ1) is 21.5. The van der Waals surface area contributed by atoms with E-state index in [1.807, 2.05) is 0 Å². The highest BCUT2D eigenvalue weighted by Crippen LogP contribution is 2.49. The Hall–Kier alpha value is -1.42. The van der Waals surface area contributed by atoms with Crippen molar-refractivity contribution in [3.63, 3.8) is 0 Å². The van der Waals surface area contributed by atoms with E-state index in [1.54, 1.807) is 0 Å². The van der Waals surface area contributed by atoms with Crippen LogP contribution in [0, 0.1) is 0 Å². The highest BCUT2D eigenvalue weighted by atomic mass is 16.8. The van der Waals surface area contributed by atoms with Gasteiger partial charge in [-0.1, -0.05) is 96.8 Å². The summed E-state index contributed by atoms with van der Waals surface area (Å²) >= 11 is 0. The number of unbranched alkanes of at least 4 members (excludes halogenated alkanes) is 14. The van der Waals surface area contributed by atoms with E-state index in [-0.39, 0.29) is 6.42 Å². The van der Waals surface area contributed by atoms with Crippen molar-refractivity contribution in [2.45, 2.75) is 171 Å². The number of rotatable bonds is 22. The Balaban J connectivity index is 1.96. The Labute approximate surface area is 266 Å². The minimum Gasteiger partial charge on any atom is -0.452 e. The van der Waals surface area contributed by atoms with Gasteiger partial charge in [0.25, 0.3) is 5.79 Å². The predicted octanol–water partition coefficient (Wildman–Crippen LogP) is 1.38. The minimum absolute atomic E-state index is 0.0887. The summed E-state index contributed by atoms with van der Waals surface area (Å²) in [4.78, 5) is 25.3. The number of aliphatic hydroxyl groups is 7. The first kappa shape index (κ1) is 39.8. The minimum atomic E-state index is -2.84. The van der Waals surface area contributed by atoms with Crippen LogP contribution in [0.4, 0.5) is 0 Å². The fraction of sp³-hybridized carbons (Fsp3) is 0.938. The normalized spacial score (nSPS) is 33.3. The number of aliphatic hydroxyl groups excluding tert-OH is 7. The summed E-state index contributed by atoms with van der Waals surface area (Å²) in [5, 5.41) is 73.1. The smallest absolute Gasteiger partial charge is 0.306 e. The summed E-state index contributed by atoms with van der Waals surface area (Å²) in [5.41, 5.74) is -2.60. The van der Waals surface area contributed by atoms with Crippen LogP contribution in [-0.2, 0) is 28.5 Å². The second kappa shape index (κ2) is 20.1. The molecule has 2 saturated heterocycles. The van der Waals surface area contributed by atoms with E-state index in [4.69, 9.17) is 18.9 Å². The van der Waals surface area contributed by atoms with Crippen LogP contribution >= 0.6 is 0 Å². The molecule has 13 heteroatoms. The van der Waals surface area contributed by atoms with Crippen molar-refractivity contribution < 1.29 is 64.3 Å². The van der Waals surface area contributed by atoms with E-state index in [2.05, 4.69) is 6.92 Å².